The molecule has 1 aromatic rings. The summed E-state index contributed by atoms with van der Waals surface area (Å²) in [5.41, 5.74) is 0.660. The van der Waals surface area contributed by atoms with Gasteiger partial charge in [0.25, 0.3) is 0 Å². The first kappa shape index (κ1) is 14.0. The van der Waals surface area contributed by atoms with Gasteiger partial charge in [0.15, 0.2) is 0 Å². The molecule has 0 saturated carbocycles. The van der Waals surface area contributed by atoms with E-state index in [1.54, 1.807) is 12.4 Å². The Balaban J connectivity index is 2.22. The van der Waals surface area contributed by atoms with E-state index in [9.17, 15) is 4.79 Å². The van der Waals surface area contributed by atoms with Crippen LogP contribution in [0.5, 0.6) is 0 Å². The molecule has 0 unspecified atom stereocenters. The molecule has 1 aliphatic heterocycles. The Morgan fingerprint density at radius 1 is 1.21 bits per heavy atom. The molecule has 1 aliphatic rings. The van der Waals surface area contributed by atoms with Crippen LogP contribution in [-0.2, 0) is 14.1 Å². The van der Waals surface area contributed by atoms with Gasteiger partial charge in [0.2, 0.25) is 5.91 Å². The van der Waals surface area contributed by atoms with Gasteiger partial charge in [0.05, 0.1) is 23.1 Å². The van der Waals surface area contributed by atoms with E-state index in [1.165, 1.54) is 6.92 Å². The summed E-state index contributed by atoms with van der Waals surface area (Å²) < 4.78 is 11.9. The summed E-state index contributed by atoms with van der Waals surface area (Å²) >= 11 is 0. The van der Waals surface area contributed by atoms with Crippen molar-refractivity contribution in [1.29, 1.82) is 0 Å². The second-order valence-electron chi connectivity index (χ2n) is 5.78. The van der Waals surface area contributed by atoms with Gasteiger partial charge in [0.1, 0.15) is 0 Å². The third kappa shape index (κ3) is 2.79. The number of carbonyl (C=O) groups is 1. The molecule has 2 rings (SSSR count). The van der Waals surface area contributed by atoms with Crippen molar-refractivity contribution in [3.8, 4) is 0 Å². The molecule has 1 amide bonds. The van der Waals surface area contributed by atoms with Crippen LogP contribution in [0.1, 0.15) is 34.6 Å². The lowest BCUT2D eigenvalue weighted by Crippen LogP contribution is -2.41. The van der Waals surface area contributed by atoms with Crippen LogP contribution in [0.15, 0.2) is 18.5 Å². The van der Waals surface area contributed by atoms with Crippen molar-refractivity contribution < 1.29 is 14.1 Å². The second-order valence-corrected chi connectivity index (χ2v) is 5.78. The molecule has 2 heterocycles. The molecule has 1 aromatic heterocycles. The van der Waals surface area contributed by atoms with Crippen molar-refractivity contribution in [3.63, 3.8) is 0 Å². The molecular formula is C13H19BN2O3. The van der Waals surface area contributed by atoms with Gasteiger partial charge in [-0.15, -0.1) is 0 Å². The summed E-state index contributed by atoms with van der Waals surface area (Å²) in [6.07, 6.45) is 3.28. The zero-order chi connectivity index (χ0) is 14.3. The summed E-state index contributed by atoms with van der Waals surface area (Å²) in [7, 11) is -0.466. The maximum absolute atomic E-state index is 11.1. The Morgan fingerprint density at radius 3 is 2.32 bits per heavy atom. The minimum atomic E-state index is -0.466. The molecule has 5 nitrogen and oxygen atoms in total. The third-order valence-corrected chi connectivity index (χ3v) is 3.61. The van der Waals surface area contributed by atoms with Crippen LogP contribution in [0.25, 0.3) is 0 Å². The molecule has 0 spiro atoms. The minimum Gasteiger partial charge on any atom is -0.399 e. The predicted octanol–water partition coefficient (Wildman–Crippen LogP) is 1.34. The van der Waals surface area contributed by atoms with Crippen LogP contribution in [0.3, 0.4) is 0 Å². The molecular weight excluding hydrogens is 243 g/mol. The first-order valence-corrected chi connectivity index (χ1v) is 6.29. The van der Waals surface area contributed by atoms with Crippen LogP contribution in [-0.4, -0.2) is 29.2 Å². The number of pyridine rings is 1. The molecule has 0 radical (unpaired) electrons. The van der Waals surface area contributed by atoms with Crippen molar-refractivity contribution in [2.45, 2.75) is 45.8 Å². The monoisotopic (exact) mass is 262 g/mol. The fourth-order valence-corrected chi connectivity index (χ4v) is 1.84. The first-order chi connectivity index (χ1) is 8.71. The molecule has 0 aromatic carbocycles. The highest BCUT2D eigenvalue weighted by Gasteiger charge is 2.51. The van der Waals surface area contributed by atoms with Gasteiger partial charge < -0.3 is 14.6 Å². The van der Waals surface area contributed by atoms with Gasteiger partial charge in [-0.1, -0.05) is 0 Å². The van der Waals surface area contributed by atoms with Gasteiger partial charge in [0, 0.05) is 18.6 Å². The molecule has 0 aliphatic carbocycles. The number of amides is 1. The fraction of sp³-hybridized carbons (Fsp3) is 0.538. The SMILES string of the molecule is CC(=O)Nc1cncc(B2OC(C)(C)C(C)(C)O2)c1. The predicted molar refractivity (Wildman–Crippen MR) is 74.3 cm³/mol. The average Bonchev–Trinajstić information content (AvgIpc) is 2.47. The van der Waals surface area contributed by atoms with E-state index in [0.717, 1.165) is 5.46 Å². The average molecular weight is 262 g/mol. The van der Waals surface area contributed by atoms with Crippen LogP contribution < -0.4 is 10.8 Å². The molecule has 0 atom stereocenters. The summed E-state index contributed by atoms with van der Waals surface area (Å²) in [5.74, 6) is -0.132. The standard InChI is InChI=1S/C13H19BN2O3/c1-9(17)16-11-6-10(7-15-8-11)14-18-12(2,3)13(4,5)19-14/h6-8H,1-5H3,(H,16,17). The van der Waals surface area contributed by atoms with E-state index in [1.807, 2.05) is 33.8 Å². The van der Waals surface area contributed by atoms with E-state index in [-0.39, 0.29) is 17.1 Å². The maximum Gasteiger partial charge on any atom is 0.496 e. The zero-order valence-electron chi connectivity index (χ0n) is 12.0. The van der Waals surface area contributed by atoms with Gasteiger partial charge in [-0.05, 0) is 33.8 Å². The topological polar surface area (TPSA) is 60.5 Å². The molecule has 1 N–H and O–H groups in total. The molecule has 19 heavy (non-hydrogen) atoms. The number of aromatic nitrogens is 1. The second kappa shape index (κ2) is 4.61. The normalized spacial score (nSPS) is 20.4. The quantitative estimate of drug-likeness (QED) is 0.817. The smallest absolute Gasteiger partial charge is 0.399 e. The van der Waals surface area contributed by atoms with Gasteiger partial charge in [-0.2, -0.15) is 0 Å². The Kier molecular flexibility index (Phi) is 3.41. The lowest BCUT2D eigenvalue weighted by molar-refractivity contribution is -0.114. The number of nitrogens with one attached hydrogen (secondary N) is 1. The maximum atomic E-state index is 11.1. The highest BCUT2D eigenvalue weighted by molar-refractivity contribution is 6.62. The van der Waals surface area contributed by atoms with Crippen LogP contribution in [0, 0.1) is 0 Å². The number of anilines is 1. The van der Waals surface area contributed by atoms with E-state index in [0.29, 0.717) is 5.69 Å². The van der Waals surface area contributed by atoms with Crippen molar-refractivity contribution in [3.05, 3.63) is 18.5 Å². The third-order valence-electron chi connectivity index (χ3n) is 3.61. The van der Waals surface area contributed by atoms with E-state index >= 15 is 0 Å². The summed E-state index contributed by atoms with van der Waals surface area (Å²) in [4.78, 5) is 15.2. The zero-order valence-corrected chi connectivity index (χ0v) is 12.0. The largest absolute Gasteiger partial charge is 0.496 e. The van der Waals surface area contributed by atoms with E-state index in [2.05, 4.69) is 10.3 Å². The molecule has 0 bridgehead atoms. The highest BCUT2D eigenvalue weighted by Crippen LogP contribution is 2.36. The Hall–Kier alpha value is -1.40. The number of nitrogens with zero attached hydrogens (tertiary/aromatic N) is 1. The lowest BCUT2D eigenvalue weighted by Gasteiger charge is -2.32. The number of rotatable bonds is 2. The Morgan fingerprint density at radius 2 is 1.79 bits per heavy atom. The number of carbonyl (C=O) groups excluding carboxylic acids is 1. The van der Waals surface area contributed by atoms with Gasteiger partial charge >= 0.3 is 7.12 Å². The Bertz CT molecular complexity index is 486. The number of hydrogen-bond donors (Lipinski definition) is 1. The summed E-state index contributed by atoms with van der Waals surface area (Å²) in [5, 5.41) is 2.70. The highest BCUT2D eigenvalue weighted by atomic mass is 16.7. The van der Waals surface area contributed by atoms with Crippen LogP contribution >= 0.6 is 0 Å². The minimum absolute atomic E-state index is 0.132. The van der Waals surface area contributed by atoms with Crippen molar-refractivity contribution in [2.24, 2.45) is 0 Å². The van der Waals surface area contributed by atoms with Gasteiger partial charge in [-0.25, -0.2) is 0 Å². The Labute approximate surface area is 113 Å². The van der Waals surface area contributed by atoms with Crippen molar-refractivity contribution in [2.75, 3.05) is 5.32 Å². The summed E-state index contributed by atoms with van der Waals surface area (Å²) in [6, 6.07) is 1.82. The van der Waals surface area contributed by atoms with Crippen LogP contribution in [0.2, 0.25) is 0 Å². The van der Waals surface area contributed by atoms with Crippen LogP contribution in [0.4, 0.5) is 5.69 Å². The van der Waals surface area contributed by atoms with E-state index in [4.69, 9.17) is 9.31 Å². The first-order valence-electron chi connectivity index (χ1n) is 6.29. The van der Waals surface area contributed by atoms with E-state index < -0.39 is 7.12 Å². The lowest BCUT2D eigenvalue weighted by atomic mass is 9.80. The molecule has 102 valence electrons. The number of hydrogen-bond acceptors (Lipinski definition) is 4. The molecule has 1 saturated heterocycles. The van der Waals surface area contributed by atoms with Crippen molar-refractivity contribution >= 4 is 24.2 Å². The molecule has 6 heteroatoms. The van der Waals surface area contributed by atoms with Gasteiger partial charge in [-0.3, -0.25) is 9.78 Å². The summed E-state index contributed by atoms with van der Waals surface area (Å²) in [6.45, 7) is 9.45. The fourth-order valence-electron chi connectivity index (χ4n) is 1.84. The molecule has 1 fully saturated rings. The van der Waals surface area contributed by atoms with Crippen molar-refractivity contribution in [1.82, 2.24) is 4.98 Å².